The van der Waals surface area contributed by atoms with Crippen LogP contribution in [0.2, 0.25) is 0 Å². The fourth-order valence-corrected chi connectivity index (χ4v) is 4.86. The largest absolute Gasteiger partial charge is 0.497 e. The average Bonchev–Trinajstić information content (AvgIpc) is 3.34. The van der Waals surface area contributed by atoms with E-state index in [0.717, 1.165) is 11.1 Å². The van der Waals surface area contributed by atoms with Crippen molar-refractivity contribution in [2.75, 3.05) is 13.7 Å². The SMILES string of the molecule is C=C(OC)c1ccc(/C=C/C(=O)c2ccccc2C(=C)OCc2ccccc2)cc1OC[C@H]1O[C@@H](C)C[C@@H]1OC(C)(C)O. The summed E-state index contributed by atoms with van der Waals surface area (Å²) in [6.45, 7) is 13.7. The molecule has 0 radical (unpaired) electrons. The van der Waals surface area contributed by atoms with Gasteiger partial charge in [-0.2, -0.15) is 0 Å². The molecule has 1 N–H and O–H groups in total. The first-order valence-corrected chi connectivity index (χ1v) is 14.3. The van der Waals surface area contributed by atoms with Gasteiger partial charge in [-0.05, 0) is 50.1 Å². The molecule has 0 saturated carbocycles. The normalized spacial score (nSPS) is 18.4. The molecule has 1 fully saturated rings. The highest BCUT2D eigenvalue weighted by Gasteiger charge is 2.37. The molecule has 0 spiro atoms. The number of hydrogen-bond acceptors (Lipinski definition) is 7. The van der Waals surface area contributed by atoms with E-state index in [2.05, 4.69) is 13.2 Å². The Morgan fingerprint density at radius 1 is 1.00 bits per heavy atom. The molecule has 7 heteroatoms. The number of benzene rings is 3. The third kappa shape index (κ3) is 8.91. The lowest BCUT2D eigenvalue weighted by molar-refractivity contribution is -0.216. The summed E-state index contributed by atoms with van der Waals surface area (Å²) in [7, 11) is 1.54. The lowest BCUT2D eigenvalue weighted by Crippen LogP contribution is -2.37. The van der Waals surface area contributed by atoms with Crippen molar-refractivity contribution in [3.63, 3.8) is 0 Å². The summed E-state index contributed by atoms with van der Waals surface area (Å²) in [5, 5.41) is 10.2. The van der Waals surface area contributed by atoms with E-state index in [4.69, 9.17) is 23.7 Å². The van der Waals surface area contributed by atoms with Crippen molar-refractivity contribution in [1.82, 2.24) is 0 Å². The zero-order chi connectivity index (χ0) is 31.0. The molecule has 226 valence electrons. The number of allylic oxidation sites excluding steroid dienone is 1. The van der Waals surface area contributed by atoms with Crippen LogP contribution >= 0.6 is 0 Å². The Morgan fingerprint density at radius 2 is 1.70 bits per heavy atom. The number of carbonyl (C=O) groups is 1. The molecule has 0 amide bonds. The zero-order valence-corrected chi connectivity index (χ0v) is 25.2. The minimum absolute atomic E-state index is 0.0302. The van der Waals surface area contributed by atoms with Crippen molar-refractivity contribution in [2.45, 2.75) is 57.9 Å². The Labute approximate surface area is 254 Å². The molecule has 0 bridgehead atoms. The van der Waals surface area contributed by atoms with Gasteiger partial charge in [0.25, 0.3) is 0 Å². The summed E-state index contributed by atoms with van der Waals surface area (Å²) in [5.41, 5.74) is 3.56. The maximum absolute atomic E-state index is 13.3. The third-order valence-electron chi connectivity index (χ3n) is 6.96. The molecule has 0 aliphatic carbocycles. The zero-order valence-electron chi connectivity index (χ0n) is 25.2. The molecule has 1 aliphatic heterocycles. The first-order chi connectivity index (χ1) is 20.5. The molecule has 3 aromatic carbocycles. The van der Waals surface area contributed by atoms with E-state index in [0.29, 0.717) is 47.0 Å². The van der Waals surface area contributed by atoms with E-state index >= 15 is 0 Å². The summed E-state index contributed by atoms with van der Waals surface area (Å²) in [6.07, 6.45) is 3.16. The van der Waals surface area contributed by atoms with E-state index in [1.54, 1.807) is 33.1 Å². The molecule has 7 nitrogen and oxygen atoms in total. The molecule has 4 rings (SSSR count). The van der Waals surface area contributed by atoms with Crippen LogP contribution in [-0.4, -0.2) is 48.7 Å². The molecule has 1 aliphatic rings. The minimum Gasteiger partial charge on any atom is -0.497 e. The second kappa shape index (κ2) is 14.3. The lowest BCUT2D eigenvalue weighted by atomic mass is 10.0. The van der Waals surface area contributed by atoms with Crippen LogP contribution in [0.5, 0.6) is 5.75 Å². The van der Waals surface area contributed by atoms with Crippen molar-refractivity contribution < 1.29 is 33.6 Å². The second-order valence-corrected chi connectivity index (χ2v) is 11.0. The van der Waals surface area contributed by atoms with Crippen LogP contribution in [0, 0.1) is 0 Å². The third-order valence-corrected chi connectivity index (χ3v) is 6.96. The van der Waals surface area contributed by atoms with Crippen molar-refractivity contribution in [3.8, 4) is 5.75 Å². The number of carbonyl (C=O) groups excluding carboxylic acids is 1. The smallest absolute Gasteiger partial charge is 0.186 e. The Hall–Kier alpha value is -4.17. The summed E-state index contributed by atoms with van der Waals surface area (Å²) in [5.74, 6) is -0.0889. The van der Waals surface area contributed by atoms with Gasteiger partial charge in [0, 0.05) is 17.5 Å². The Bertz CT molecular complexity index is 1450. The van der Waals surface area contributed by atoms with Crippen LogP contribution in [0.1, 0.15) is 59.8 Å². The van der Waals surface area contributed by atoms with E-state index in [1.165, 1.54) is 6.08 Å². The predicted octanol–water partition coefficient (Wildman–Crippen LogP) is 7.06. The monoisotopic (exact) mass is 584 g/mol. The van der Waals surface area contributed by atoms with Gasteiger partial charge in [0.1, 0.15) is 36.6 Å². The van der Waals surface area contributed by atoms with Gasteiger partial charge in [-0.3, -0.25) is 4.79 Å². The first kappa shape index (κ1) is 31.8. The highest BCUT2D eigenvalue weighted by Crippen LogP contribution is 2.31. The molecule has 3 aromatic rings. The summed E-state index contributed by atoms with van der Waals surface area (Å²) < 4.78 is 29.3. The van der Waals surface area contributed by atoms with Crippen molar-refractivity contribution in [2.24, 2.45) is 0 Å². The average molecular weight is 585 g/mol. The molecule has 1 heterocycles. The number of hydrogen-bond donors (Lipinski definition) is 1. The fourth-order valence-electron chi connectivity index (χ4n) is 4.86. The van der Waals surface area contributed by atoms with E-state index < -0.39 is 5.79 Å². The van der Waals surface area contributed by atoms with Gasteiger partial charge < -0.3 is 28.8 Å². The molecule has 0 unspecified atom stereocenters. The van der Waals surface area contributed by atoms with E-state index in [9.17, 15) is 9.90 Å². The van der Waals surface area contributed by atoms with Crippen LogP contribution in [0.15, 0.2) is 92.0 Å². The summed E-state index contributed by atoms with van der Waals surface area (Å²) in [4.78, 5) is 13.3. The predicted molar refractivity (Wildman–Crippen MR) is 168 cm³/mol. The van der Waals surface area contributed by atoms with Gasteiger partial charge in [0.2, 0.25) is 0 Å². The maximum atomic E-state index is 13.3. The standard InChI is InChI=1S/C36H40O7/c1-24-20-34(43-36(4,5)38)35(42-24)23-41-33-21-27(16-18-30(33)25(2)39-6)17-19-32(37)31-15-11-10-14-29(31)26(3)40-22-28-12-8-7-9-13-28/h7-19,21,24,34-35,38H,2-3,20,22-23H2,1,4-6H3/b19-17+/t24-,34-,35+/m0/s1. The van der Waals surface area contributed by atoms with Crippen LogP contribution in [0.25, 0.3) is 17.6 Å². The molecule has 0 aromatic heterocycles. The highest BCUT2D eigenvalue weighted by atomic mass is 16.7. The number of ether oxygens (including phenoxy) is 5. The van der Waals surface area contributed by atoms with E-state index in [-0.39, 0.29) is 30.7 Å². The van der Waals surface area contributed by atoms with Gasteiger partial charge in [-0.1, -0.05) is 79.9 Å². The van der Waals surface area contributed by atoms with E-state index in [1.807, 2.05) is 73.7 Å². The van der Waals surface area contributed by atoms with Crippen molar-refractivity contribution >= 4 is 23.4 Å². The summed E-state index contributed by atoms with van der Waals surface area (Å²) in [6, 6.07) is 22.6. The minimum atomic E-state index is -1.29. The quantitative estimate of drug-likeness (QED) is 0.0940. The molecule has 3 atom stereocenters. The Morgan fingerprint density at radius 3 is 2.40 bits per heavy atom. The Kier molecular flexibility index (Phi) is 10.6. The van der Waals surface area contributed by atoms with Crippen molar-refractivity contribution in [3.05, 3.63) is 120 Å². The van der Waals surface area contributed by atoms with Crippen LogP contribution in [0.4, 0.5) is 0 Å². The number of aliphatic hydroxyl groups is 1. The van der Waals surface area contributed by atoms with Gasteiger partial charge in [-0.15, -0.1) is 0 Å². The summed E-state index contributed by atoms with van der Waals surface area (Å²) >= 11 is 0. The van der Waals surface area contributed by atoms with Gasteiger partial charge >= 0.3 is 0 Å². The number of methoxy groups -OCH3 is 1. The first-order valence-electron chi connectivity index (χ1n) is 14.3. The number of ketones is 1. The maximum Gasteiger partial charge on any atom is 0.186 e. The fraction of sp³-hybridized carbons (Fsp3) is 0.306. The second-order valence-electron chi connectivity index (χ2n) is 11.0. The molecule has 43 heavy (non-hydrogen) atoms. The van der Waals surface area contributed by atoms with Gasteiger partial charge in [0.15, 0.2) is 11.6 Å². The lowest BCUT2D eigenvalue weighted by Gasteiger charge is -2.27. The molecular weight excluding hydrogens is 544 g/mol. The van der Waals surface area contributed by atoms with Crippen LogP contribution in [-0.2, 0) is 25.6 Å². The molecule has 1 saturated heterocycles. The van der Waals surface area contributed by atoms with Crippen LogP contribution in [0.3, 0.4) is 0 Å². The Balaban J connectivity index is 1.49. The van der Waals surface area contributed by atoms with Gasteiger partial charge in [0.05, 0.1) is 24.9 Å². The van der Waals surface area contributed by atoms with Gasteiger partial charge in [-0.25, -0.2) is 0 Å². The molecular formula is C36H40O7. The topological polar surface area (TPSA) is 83.5 Å². The highest BCUT2D eigenvalue weighted by molar-refractivity contribution is 6.09. The number of rotatable bonds is 14. The van der Waals surface area contributed by atoms with Crippen LogP contribution < -0.4 is 4.74 Å². The van der Waals surface area contributed by atoms with Crippen molar-refractivity contribution in [1.29, 1.82) is 0 Å².